The van der Waals surface area contributed by atoms with Gasteiger partial charge in [-0.15, -0.1) is 0 Å². The molecule has 0 fully saturated rings. The normalized spacial score (nSPS) is 13.0. The lowest BCUT2D eigenvalue weighted by atomic mass is 10.1. The van der Waals surface area contributed by atoms with E-state index in [4.69, 9.17) is 11.6 Å². The lowest BCUT2D eigenvalue weighted by molar-refractivity contribution is -0.290. The highest BCUT2D eigenvalue weighted by atomic mass is 35.5. The molecule has 1 aromatic carbocycles. The van der Waals surface area contributed by atoms with Gasteiger partial charge < -0.3 is 0 Å². The Hall–Kier alpha value is -0.910. The van der Waals surface area contributed by atoms with Gasteiger partial charge in [0.25, 0.3) is 0 Å². The Morgan fingerprint density at radius 1 is 1.00 bits per heavy atom. The van der Waals surface area contributed by atoms with E-state index in [0.29, 0.717) is 6.07 Å². The van der Waals surface area contributed by atoms with Crippen molar-refractivity contribution in [2.75, 3.05) is 0 Å². The van der Waals surface area contributed by atoms with Gasteiger partial charge in [0.15, 0.2) is 0 Å². The fourth-order valence-corrected chi connectivity index (χ4v) is 1.22. The number of rotatable bonds is 1. The first-order chi connectivity index (χ1) is 6.68. The Labute approximate surface area is 85.5 Å². The molecule has 0 aliphatic heterocycles. The van der Waals surface area contributed by atoms with Crippen molar-refractivity contribution in [1.29, 1.82) is 0 Å². The van der Waals surface area contributed by atoms with Crippen molar-refractivity contribution in [3.8, 4) is 0 Å². The fourth-order valence-electron chi connectivity index (χ4n) is 0.940. The molecule has 0 radical (unpaired) electrons. The first kappa shape index (κ1) is 12.2. The molecule has 0 N–H and O–H groups in total. The van der Waals surface area contributed by atoms with Gasteiger partial charge in [-0.3, -0.25) is 0 Å². The highest BCUT2D eigenvalue weighted by Gasteiger charge is 2.60. The zero-order valence-electron chi connectivity index (χ0n) is 6.88. The van der Waals surface area contributed by atoms with Crippen LogP contribution >= 0.6 is 11.6 Å². The quantitative estimate of drug-likeness (QED) is 0.656. The molecule has 7 heteroatoms. The summed E-state index contributed by atoms with van der Waals surface area (Å²) in [5.41, 5.74) is -1.85. The van der Waals surface area contributed by atoms with Gasteiger partial charge in [0.1, 0.15) is 5.82 Å². The summed E-state index contributed by atoms with van der Waals surface area (Å²) in [7, 11) is 0. The van der Waals surface area contributed by atoms with Crippen LogP contribution in [0.15, 0.2) is 18.2 Å². The molecule has 0 spiro atoms. The summed E-state index contributed by atoms with van der Waals surface area (Å²) in [5, 5.41) is -0.961. The van der Waals surface area contributed by atoms with Crippen LogP contribution in [0.4, 0.5) is 26.3 Å². The van der Waals surface area contributed by atoms with Gasteiger partial charge in [0, 0.05) is 0 Å². The highest BCUT2D eigenvalue weighted by molar-refractivity contribution is 6.31. The maximum atomic E-state index is 12.8. The highest BCUT2D eigenvalue weighted by Crippen LogP contribution is 2.47. The molecule has 0 unspecified atom stereocenters. The van der Waals surface area contributed by atoms with E-state index >= 15 is 0 Å². The molecular weight excluding hydrogens is 246 g/mol. The summed E-state index contributed by atoms with van der Waals surface area (Å²) in [6.45, 7) is 0. The number of alkyl halides is 5. The summed E-state index contributed by atoms with van der Waals surface area (Å²) >= 11 is 5.10. The molecular formula is C8H3ClF6. The summed E-state index contributed by atoms with van der Waals surface area (Å²) in [4.78, 5) is 0. The van der Waals surface area contributed by atoms with Crippen molar-refractivity contribution in [1.82, 2.24) is 0 Å². The van der Waals surface area contributed by atoms with Gasteiger partial charge in [0.2, 0.25) is 0 Å². The van der Waals surface area contributed by atoms with Crippen molar-refractivity contribution in [2.24, 2.45) is 0 Å². The first-order valence-corrected chi connectivity index (χ1v) is 3.94. The summed E-state index contributed by atoms with van der Waals surface area (Å²) < 4.78 is 74.0. The third-order valence-electron chi connectivity index (χ3n) is 1.63. The molecule has 1 aromatic rings. The van der Waals surface area contributed by atoms with E-state index in [1.54, 1.807) is 0 Å². The van der Waals surface area contributed by atoms with Gasteiger partial charge in [-0.25, -0.2) is 4.39 Å². The Morgan fingerprint density at radius 2 is 1.53 bits per heavy atom. The second kappa shape index (κ2) is 3.59. The number of hydrogen-bond donors (Lipinski definition) is 0. The molecule has 0 bridgehead atoms. The van der Waals surface area contributed by atoms with Gasteiger partial charge in [-0.05, 0) is 12.1 Å². The minimum atomic E-state index is -5.88. The Kier molecular flexibility index (Phi) is 2.91. The van der Waals surface area contributed by atoms with Crippen molar-refractivity contribution in [3.63, 3.8) is 0 Å². The van der Waals surface area contributed by atoms with Crippen molar-refractivity contribution >= 4 is 11.6 Å². The first-order valence-electron chi connectivity index (χ1n) is 3.57. The fraction of sp³-hybridized carbons (Fsp3) is 0.250. The number of benzene rings is 1. The smallest absolute Gasteiger partial charge is 0.206 e. The van der Waals surface area contributed by atoms with Gasteiger partial charge in [-0.1, -0.05) is 17.7 Å². The number of halogens is 7. The average molecular weight is 249 g/mol. The SMILES string of the molecule is Fc1cccc(Cl)c1C(F)(F)C(F)(F)F. The zero-order chi connectivity index (χ0) is 11.9. The van der Waals surface area contributed by atoms with E-state index in [9.17, 15) is 26.3 Å². The minimum absolute atomic E-state index is 0.487. The van der Waals surface area contributed by atoms with Gasteiger partial charge >= 0.3 is 12.1 Å². The topological polar surface area (TPSA) is 0 Å². The molecule has 0 heterocycles. The Balaban J connectivity index is 3.39. The van der Waals surface area contributed by atoms with Crippen LogP contribution in [0.3, 0.4) is 0 Å². The molecule has 0 saturated heterocycles. The molecule has 0 atom stereocenters. The van der Waals surface area contributed by atoms with Gasteiger partial charge in [0.05, 0.1) is 10.6 Å². The molecule has 0 aliphatic carbocycles. The molecule has 0 aromatic heterocycles. The summed E-state index contributed by atoms with van der Waals surface area (Å²) in [6, 6.07) is 2.19. The van der Waals surface area contributed by atoms with Crippen molar-refractivity contribution < 1.29 is 26.3 Å². The standard InChI is InChI=1S/C8H3ClF6/c9-4-2-1-3-5(10)6(4)7(11,12)8(13,14)15/h1-3H. The molecule has 84 valence electrons. The van der Waals surface area contributed by atoms with E-state index < -0.39 is 28.5 Å². The van der Waals surface area contributed by atoms with E-state index in [0.717, 1.165) is 12.1 Å². The van der Waals surface area contributed by atoms with E-state index in [2.05, 4.69) is 0 Å². The molecule has 0 nitrogen and oxygen atoms in total. The predicted molar refractivity (Wildman–Crippen MR) is 41.4 cm³/mol. The minimum Gasteiger partial charge on any atom is -0.206 e. The van der Waals surface area contributed by atoms with Crippen LogP contribution in [0.2, 0.25) is 5.02 Å². The van der Waals surface area contributed by atoms with Crippen LogP contribution in [0.1, 0.15) is 5.56 Å². The maximum Gasteiger partial charge on any atom is 0.458 e. The number of hydrogen-bond acceptors (Lipinski definition) is 0. The molecule has 0 amide bonds. The zero-order valence-corrected chi connectivity index (χ0v) is 7.63. The van der Waals surface area contributed by atoms with Crippen molar-refractivity contribution in [2.45, 2.75) is 12.1 Å². The maximum absolute atomic E-state index is 12.8. The Morgan fingerprint density at radius 3 is 1.93 bits per heavy atom. The molecule has 15 heavy (non-hydrogen) atoms. The second-order valence-electron chi connectivity index (χ2n) is 2.67. The summed E-state index contributed by atoms with van der Waals surface area (Å²) in [5.74, 6) is -6.99. The molecule has 1 rings (SSSR count). The third-order valence-corrected chi connectivity index (χ3v) is 1.95. The lowest BCUT2D eigenvalue weighted by Gasteiger charge is -2.21. The van der Waals surface area contributed by atoms with Gasteiger partial charge in [-0.2, -0.15) is 22.0 Å². The Bertz CT molecular complexity index is 350. The van der Waals surface area contributed by atoms with Crippen LogP contribution in [0.25, 0.3) is 0 Å². The van der Waals surface area contributed by atoms with Crippen LogP contribution in [0, 0.1) is 5.82 Å². The van der Waals surface area contributed by atoms with Crippen LogP contribution in [0.5, 0.6) is 0 Å². The van der Waals surface area contributed by atoms with E-state index in [1.807, 2.05) is 0 Å². The van der Waals surface area contributed by atoms with E-state index in [-0.39, 0.29) is 0 Å². The molecule has 0 aliphatic rings. The lowest BCUT2D eigenvalue weighted by Crippen LogP contribution is -2.34. The van der Waals surface area contributed by atoms with Crippen LogP contribution in [-0.2, 0) is 5.92 Å². The largest absolute Gasteiger partial charge is 0.458 e. The van der Waals surface area contributed by atoms with E-state index in [1.165, 1.54) is 0 Å². The second-order valence-corrected chi connectivity index (χ2v) is 3.08. The predicted octanol–water partition coefficient (Wildman–Crippen LogP) is 4.13. The van der Waals surface area contributed by atoms with Crippen LogP contribution in [-0.4, -0.2) is 6.18 Å². The van der Waals surface area contributed by atoms with Crippen LogP contribution < -0.4 is 0 Å². The summed E-state index contributed by atoms with van der Waals surface area (Å²) in [6.07, 6.45) is -5.88. The monoisotopic (exact) mass is 248 g/mol. The average Bonchev–Trinajstić information content (AvgIpc) is 2.00. The van der Waals surface area contributed by atoms with Crippen molar-refractivity contribution in [3.05, 3.63) is 34.6 Å². The molecule has 0 saturated carbocycles. The third kappa shape index (κ3) is 2.04.